The Hall–Kier alpha value is 0.0300. The highest BCUT2D eigenvalue weighted by Crippen LogP contribution is 2.38. The zero-order chi connectivity index (χ0) is 12.5. The molecule has 0 aromatic heterocycles. The van der Waals surface area contributed by atoms with Crippen LogP contribution in [0.25, 0.3) is 0 Å². The Morgan fingerprint density at radius 2 is 1.75 bits per heavy atom. The van der Waals surface area contributed by atoms with Crippen LogP contribution in [0.5, 0.6) is 0 Å². The molecule has 0 atom stereocenters. The molecule has 0 saturated heterocycles. The second kappa shape index (κ2) is 5.12. The molecule has 8 heteroatoms. The molecule has 0 bridgehead atoms. The molecule has 1 nitrogen and oxygen atoms in total. The van der Waals surface area contributed by atoms with Gasteiger partial charge in [-0.15, -0.1) is 0 Å². The summed E-state index contributed by atoms with van der Waals surface area (Å²) in [7, 11) is 0. The van der Waals surface area contributed by atoms with Gasteiger partial charge in [0.15, 0.2) is 0 Å². The molecular weight excluding hydrogens is 353 g/mol. The van der Waals surface area contributed by atoms with E-state index < -0.39 is 11.3 Å². The lowest BCUT2D eigenvalue weighted by Gasteiger charge is -2.06. The van der Waals surface area contributed by atoms with Crippen molar-refractivity contribution in [1.82, 2.24) is 0 Å². The molecule has 0 saturated carbocycles. The Morgan fingerprint density at radius 3 is 2.25 bits per heavy atom. The normalized spacial score (nSPS) is 13.1. The van der Waals surface area contributed by atoms with Crippen LogP contribution in [-0.4, -0.2) is 11.3 Å². The van der Waals surface area contributed by atoms with Crippen molar-refractivity contribution in [2.75, 3.05) is 0 Å². The first-order valence-electron chi connectivity index (χ1n) is 3.68. The number of aliphatic imine (C=N–C) groups is 1. The second-order valence-electron chi connectivity index (χ2n) is 2.59. The number of alkyl halides is 3. The first-order chi connectivity index (χ1) is 7.23. The van der Waals surface area contributed by atoms with Crippen LogP contribution in [0.3, 0.4) is 0 Å². The average molecular weight is 355 g/mol. The van der Waals surface area contributed by atoms with Crippen molar-refractivity contribution in [3.63, 3.8) is 0 Å². The van der Waals surface area contributed by atoms with Crippen molar-refractivity contribution in [3.05, 3.63) is 26.7 Å². The first-order valence-corrected chi connectivity index (χ1v) is 5.61. The SMILES string of the molecule is FC(F)(F)C(Cl)=Nc1ccc(Br)c(Cl)c1Cl. The van der Waals surface area contributed by atoms with Gasteiger partial charge in [0.2, 0.25) is 5.17 Å². The van der Waals surface area contributed by atoms with E-state index in [4.69, 9.17) is 34.8 Å². The molecule has 0 radical (unpaired) electrons. The summed E-state index contributed by atoms with van der Waals surface area (Å²) < 4.78 is 36.8. The molecule has 0 aliphatic rings. The van der Waals surface area contributed by atoms with Gasteiger partial charge in [-0.2, -0.15) is 13.2 Å². The summed E-state index contributed by atoms with van der Waals surface area (Å²) in [5.41, 5.74) is -0.141. The van der Waals surface area contributed by atoms with E-state index in [0.29, 0.717) is 4.47 Å². The summed E-state index contributed by atoms with van der Waals surface area (Å²) >= 11 is 19.4. The number of halogens is 7. The van der Waals surface area contributed by atoms with Gasteiger partial charge in [0.25, 0.3) is 0 Å². The summed E-state index contributed by atoms with van der Waals surface area (Å²) in [5, 5.41) is -1.53. The lowest BCUT2D eigenvalue weighted by molar-refractivity contribution is -0.0558. The Bertz CT molecular complexity index is 445. The number of nitrogens with zero attached hydrogens (tertiary/aromatic N) is 1. The number of hydrogen-bond acceptors (Lipinski definition) is 1. The molecule has 0 aliphatic carbocycles. The fourth-order valence-electron chi connectivity index (χ4n) is 0.771. The standard InChI is InChI=1S/C8H2BrCl3F3N/c9-3-1-2-4(6(11)5(3)10)16-7(12)8(13,14)15/h1-2H. The largest absolute Gasteiger partial charge is 0.444 e. The molecule has 0 N–H and O–H groups in total. The third-order valence-corrected chi connectivity index (χ3v) is 3.53. The number of rotatable bonds is 1. The topological polar surface area (TPSA) is 12.4 Å². The van der Waals surface area contributed by atoms with Gasteiger partial charge in [-0.05, 0) is 28.1 Å². The van der Waals surface area contributed by atoms with Gasteiger partial charge in [-0.1, -0.05) is 34.8 Å². The van der Waals surface area contributed by atoms with E-state index in [0.717, 1.165) is 0 Å². The van der Waals surface area contributed by atoms with E-state index in [1.54, 1.807) is 0 Å². The molecule has 1 rings (SSSR count). The summed E-state index contributed by atoms with van der Waals surface area (Å²) in [4.78, 5) is 3.15. The quantitative estimate of drug-likeness (QED) is 0.460. The highest BCUT2D eigenvalue weighted by atomic mass is 79.9. The molecule has 0 unspecified atom stereocenters. The monoisotopic (exact) mass is 353 g/mol. The van der Waals surface area contributed by atoms with Gasteiger partial charge in [0.05, 0.1) is 15.7 Å². The second-order valence-corrected chi connectivity index (χ2v) is 4.56. The zero-order valence-corrected chi connectivity index (χ0v) is 11.1. The fourth-order valence-corrected chi connectivity index (χ4v) is 1.67. The lowest BCUT2D eigenvalue weighted by atomic mass is 10.3. The lowest BCUT2D eigenvalue weighted by Crippen LogP contribution is -2.16. The third kappa shape index (κ3) is 3.26. The van der Waals surface area contributed by atoms with Crippen LogP contribution in [0.4, 0.5) is 18.9 Å². The number of benzene rings is 1. The predicted molar refractivity (Wildman–Crippen MR) is 63.2 cm³/mol. The van der Waals surface area contributed by atoms with Crippen molar-refractivity contribution in [1.29, 1.82) is 0 Å². The van der Waals surface area contributed by atoms with E-state index in [2.05, 4.69) is 20.9 Å². The molecule has 0 aliphatic heterocycles. The molecule has 88 valence electrons. The number of hydrogen-bond donors (Lipinski definition) is 0. The van der Waals surface area contributed by atoms with Gasteiger partial charge < -0.3 is 0 Å². The molecule has 0 heterocycles. The summed E-state index contributed by atoms with van der Waals surface area (Å²) in [6, 6.07) is 2.69. The summed E-state index contributed by atoms with van der Waals surface area (Å²) in [5.74, 6) is 0. The van der Waals surface area contributed by atoms with Crippen LogP contribution in [0.1, 0.15) is 0 Å². The third-order valence-electron chi connectivity index (χ3n) is 1.47. The van der Waals surface area contributed by atoms with E-state index in [9.17, 15) is 13.2 Å². The van der Waals surface area contributed by atoms with Crippen molar-refractivity contribution in [3.8, 4) is 0 Å². The Balaban J connectivity index is 3.22. The molecule has 0 fully saturated rings. The van der Waals surface area contributed by atoms with Gasteiger partial charge in [0.1, 0.15) is 0 Å². The van der Waals surface area contributed by atoms with E-state index in [-0.39, 0.29) is 15.7 Å². The van der Waals surface area contributed by atoms with E-state index in [1.807, 2.05) is 0 Å². The maximum Gasteiger partial charge on any atom is 0.444 e. The Kier molecular flexibility index (Phi) is 4.51. The smallest absolute Gasteiger partial charge is 0.231 e. The van der Waals surface area contributed by atoms with Gasteiger partial charge >= 0.3 is 6.18 Å². The highest BCUT2D eigenvalue weighted by molar-refractivity contribution is 9.10. The van der Waals surface area contributed by atoms with Crippen molar-refractivity contribution < 1.29 is 13.2 Å². The highest BCUT2D eigenvalue weighted by Gasteiger charge is 2.34. The van der Waals surface area contributed by atoms with Crippen LogP contribution in [0.2, 0.25) is 10.0 Å². The summed E-state index contributed by atoms with van der Waals surface area (Å²) in [6.07, 6.45) is -4.70. The van der Waals surface area contributed by atoms with Crippen LogP contribution >= 0.6 is 50.7 Å². The molecular formula is C8H2BrCl3F3N. The molecule has 0 amide bonds. The molecule has 1 aromatic rings. The fraction of sp³-hybridized carbons (Fsp3) is 0.125. The minimum Gasteiger partial charge on any atom is -0.231 e. The van der Waals surface area contributed by atoms with Crippen LogP contribution in [0, 0.1) is 0 Å². The van der Waals surface area contributed by atoms with E-state index in [1.165, 1.54) is 12.1 Å². The van der Waals surface area contributed by atoms with Gasteiger partial charge in [0, 0.05) is 4.47 Å². The van der Waals surface area contributed by atoms with Crippen LogP contribution in [-0.2, 0) is 0 Å². The minimum atomic E-state index is -4.70. The molecule has 1 aromatic carbocycles. The Morgan fingerprint density at radius 1 is 1.19 bits per heavy atom. The van der Waals surface area contributed by atoms with Gasteiger partial charge in [-0.25, -0.2) is 4.99 Å². The Labute approximate surface area is 112 Å². The van der Waals surface area contributed by atoms with Crippen molar-refractivity contribution in [2.24, 2.45) is 4.99 Å². The maximum absolute atomic E-state index is 12.1. The van der Waals surface area contributed by atoms with Gasteiger partial charge in [-0.3, -0.25) is 0 Å². The van der Waals surface area contributed by atoms with E-state index >= 15 is 0 Å². The maximum atomic E-state index is 12.1. The molecule has 0 spiro atoms. The molecule has 16 heavy (non-hydrogen) atoms. The summed E-state index contributed by atoms with van der Waals surface area (Å²) in [6.45, 7) is 0. The predicted octanol–water partition coefficient (Wildman–Crippen LogP) is 5.59. The average Bonchev–Trinajstić information content (AvgIpc) is 2.17. The van der Waals surface area contributed by atoms with Crippen LogP contribution < -0.4 is 0 Å². The van der Waals surface area contributed by atoms with Crippen molar-refractivity contribution in [2.45, 2.75) is 6.18 Å². The minimum absolute atomic E-state index is 0.0783. The first kappa shape index (κ1) is 14.1. The zero-order valence-electron chi connectivity index (χ0n) is 7.25. The van der Waals surface area contributed by atoms with Crippen LogP contribution in [0.15, 0.2) is 21.6 Å². The van der Waals surface area contributed by atoms with Crippen molar-refractivity contribution >= 4 is 61.6 Å².